The molecule has 0 aliphatic carbocycles. The lowest BCUT2D eigenvalue weighted by molar-refractivity contribution is 0.102. The van der Waals surface area contributed by atoms with E-state index in [0.717, 1.165) is 21.4 Å². The second-order valence-corrected chi connectivity index (χ2v) is 6.03. The highest BCUT2D eigenvalue weighted by Gasteiger charge is 2.08. The number of hydrogen-bond donors (Lipinski definition) is 1. The molecule has 21 heavy (non-hydrogen) atoms. The van der Waals surface area contributed by atoms with Gasteiger partial charge < -0.3 is 10.1 Å². The Hall–Kier alpha value is -1.27. The minimum absolute atomic E-state index is 0.185. The molecular formula is C16H15ClINO2. The smallest absolute Gasteiger partial charge is 0.255 e. The van der Waals surface area contributed by atoms with Crippen LogP contribution in [0.1, 0.15) is 23.7 Å². The van der Waals surface area contributed by atoms with E-state index in [1.807, 2.05) is 30.3 Å². The standard InChI is InChI=1S/C16H15ClINO2/c1-2-9-21-13-6-4-12(5-7-13)19-16(20)11-3-8-15(18)14(17)10-11/h3-8,10H,2,9H2,1H3,(H,19,20). The second kappa shape index (κ2) is 7.66. The average molecular weight is 416 g/mol. The van der Waals surface area contributed by atoms with Gasteiger partial charge in [-0.1, -0.05) is 18.5 Å². The summed E-state index contributed by atoms with van der Waals surface area (Å²) in [6.07, 6.45) is 0.964. The SMILES string of the molecule is CCCOc1ccc(NC(=O)c2ccc(I)c(Cl)c2)cc1. The van der Waals surface area contributed by atoms with E-state index in [-0.39, 0.29) is 5.91 Å². The summed E-state index contributed by atoms with van der Waals surface area (Å²) in [5.41, 5.74) is 1.25. The van der Waals surface area contributed by atoms with Crippen molar-refractivity contribution in [1.29, 1.82) is 0 Å². The highest BCUT2D eigenvalue weighted by Crippen LogP contribution is 2.21. The molecule has 0 aliphatic heterocycles. The van der Waals surface area contributed by atoms with E-state index in [9.17, 15) is 4.79 Å². The van der Waals surface area contributed by atoms with Gasteiger partial charge in [-0.2, -0.15) is 0 Å². The molecule has 1 amide bonds. The molecule has 5 heteroatoms. The van der Waals surface area contributed by atoms with Crippen molar-refractivity contribution in [3.05, 3.63) is 56.6 Å². The zero-order chi connectivity index (χ0) is 15.2. The van der Waals surface area contributed by atoms with E-state index in [0.29, 0.717) is 17.2 Å². The van der Waals surface area contributed by atoms with Crippen LogP contribution in [-0.2, 0) is 0 Å². The molecule has 2 aromatic rings. The van der Waals surface area contributed by atoms with E-state index >= 15 is 0 Å². The summed E-state index contributed by atoms with van der Waals surface area (Å²) < 4.78 is 6.42. The van der Waals surface area contributed by atoms with E-state index in [1.54, 1.807) is 12.1 Å². The van der Waals surface area contributed by atoms with Crippen molar-refractivity contribution in [3.63, 3.8) is 0 Å². The molecule has 3 nitrogen and oxygen atoms in total. The lowest BCUT2D eigenvalue weighted by Gasteiger charge is -2.08. The van der Waals surface area contributed by atoms with Crippen molar-refractivity contribution in [2.24, 2.45) is 0 Å². The first kappa shape index (κ1) is 16.1. The van der Waals surface area contributed by atoms with Crippen molar-refractivity contribution >= 4 is 45.8 Å². The fourth-order valence-corrected chi connectivity index (χ4v) is 2.21. The van der Waals surface area contributed by atoms with Gasteiger partial charge in [0.1, 0.15) is 5.75 Å². The van der Waals surface area contributed by atoms with Crippen molar-refractivity contribution in [1.82, 2.24) is 0 Å². The van der Waals surface area contributed by atoms with Gasteiger partial charge in [0.15, 0.2) is 0 Å². The van der Waals surface area contributed by atoms with E-state index < -0.39 is 0 Å². The predicted molar refractivity (Wildman–Crippen MR) is 94.4 cm³/mol. The summed E-state index contributed by atoms with van der Waals surface area (Å²) in [4.78, 5) is 12.1. The molecule has 0 saturated carbocycles. The van der Waals surface area contributed by atoms with Crippen molar-refractivity contribution in [2.75, 3.05) is 11.9 Å². The van der Waals surface area contributed by atoms with Crippen LogP contribution < -0.4 is 10.1 Å². The van der Waals surface area contributed by atoms with Crippen LogP contribution in [-0.4, -0.2) is 12.5 Å². The first-order valence-corrected chi connectivity index (χ1v) is 8.05. The summed E-state index contributed by atoms with van der Waals surface area (Å²) in [7, 11) is 0. The van der Waals surface area contributed by atoms with Crippen LogP contribution in [0, 0.1) is 3.57 Å². The number of anilines is 1. The van der Waals surface area contributed by atoms with Crippen LogP contribution >= 0.6 is 34.2 Å². The predicted octanol–water partition coefficient (Wildman–Crippen LogP) is 4.99. The molecular weight excluding hydrogens is 401 g/mol. The Morgan fingerprint density at radius 3 is 2.57 bits per heavy atom. The molecule has 0 bridgehead atoms. The van der Waals surface area contributed by atoms with Gasteiger partial charge in [0, 0.05) is 14.8 Å². The molecule has 0 radical (unpaired) electrons. The Balaban J connectivity index is 2.03. The Morgan fingerprint density at radius 1 is 1.24 bits per heavy atom. The van der Waals surface area contributed by atoms with Crippen LogP contribution in [0.25, 0.3) is 0 Å². The van der Waals surface area contributed by atoms with Gasteiger partial charge in [-0.3, -0.25) is 4.79 Å². The molecule has 0 aliphatic rings. The normalized spacial score (nSPS) is 10.2. The molecule has 1 N–H and O–H groups in total. The molecule has 0 saturated heterocycles. The van der Waals surface area contributed by atoms with Crippen LogP contribution in [0.5, 0.6) is 5.75 Å². The van der Waals surface area contributed by atoms with Gasteiger partial charge in [0.05, 0.1) is 11.6 Å². The van der Waals surface area contributed by atoms with Gasteiger partial charge in [-0.25, -0.2) is 0 Å². The summed E-state index contributed by atoms with van der Waals surface area (Å²) >= 11 is 8.15. The number of ether oxygens (including phenoxy) is 1. The lowest BCUT2D eigenvalue weighted by Crippen LogP contribution is -2.11. The minimum atomic E-state index is -0.185. The van der Waals surface area contributed by atoms with Gasteiger partial charge in [0.25, 0.3) is 5.91 Å². The van der Waals surface area contributed by atoms with Gasteiger partial charge in [0.2, 0.25) is 0 Å². The first-order valence-electron chi connectivity index (χ1n) is 6.59. The Kier molecular flexibility index (Phi) is 5.87. The Labute approximate surface area is 142 Å². The zero-order valence-corrected chi connectivity index (χ0v) is 14.4. The molecule has 2 rings (SSSR count). The number of hydrogen-bond acceptors (Lipinski definition) is 2. The maximum Gasteiger partial charge on any atom is 0.255 e. The molecule has 0 spiro atoms. The topological polar surface area (TPSA) is 38.3 Å². The van der Waals surface area contributed by atoms with Crippen molar-refractivity contribution in [2.45, 2.75) is 13.3 Å². The Morgan fingerprint density at radius 2 is 1.95 bits per heavy atom. The number of rotatable bonds is 5. The highest BCUT2D eigenvalue weighted by molar-refractivity contribution is 14.1. The van der Waals surface area contributed by atoms with Crippen LogP contribution in [0.4, 0.5) is 5.69 Å². The Bertz CT molecular complexity index is 629. The molecule has 0 unspecified atom stereocenters. The summed E-state index contributed by atoms with van der Waals surface area (Å²) in [6.45, 7) is 2.74. The monoisotopic (exact) mass is 415 g/mol. The molecule has 0 fully saturated rings. The van der Waals surface area contributed by atoms with E-state index in [1.165, 1.54) is 0 Å². The maximum atomic E-state index is 12.1. The third-order valence-corrected chi connectivity index (χ3v) is 4.34. The van der Waals surface area contributed by atoms with Crippen molar-refractivity contribution < 1.29 is 9.53 Å². The molecule has 0 aromatic heterocycles. The maximum absolute atomic E-state index is 12.1. The number of carbonyl (C=O) groups is 1. The zero-order valence-electron chi connectivity index (χ0n) is 11.5. The fourth-order valence-electron chi connectivity index (χ4n) is 1.70. The third kappa shape index (κ3) is 4.61. The van der Waals surface area contributed by atoms with E-state index in [4.69, 9.17) is 16.3 Å². The van der Waals surface area contributed by atoms with E-state index in [2.05, 4.69) is 34.8 Å². The number of benzene rings is 2. The fraction of sp³-hybridized carbons (Fsp3) is 0.188. The molecule has 0 heterocycles. The highest BCUT2D eigenvalue weighted by atomic mass is 127. The average Bonchev–Trinajstić information content (AvgIpc) is 2.49. The van der Waals surface area contributed by atoms with Crippen LogP contribution in [0.2, 0.25) is 5.02 Å². The summed E-state index contributed by atoms with van der Waals surface area (Å²) in [5, 5.41) is 3.41. The van der Waals surface area contributed by atoms with Crippen LogP contribution in [0.15, 0.2) is 42.5 Å². The van der Waals surface area contributed by atoms with Gasteiger partial charge >= 0.3 is 0 Å². The first-order chi connectivity index (χ1) is 10.1. The molecule has 110 valence electrons. The number of carbonyl (C=O) groups excluding carboxylic acids is 1. The minimum Gasteiger partial charge on any atom is -0.494 e. The number of halogens is 2. The number of amides is 1. The van der Waals surface area contributed by atoms with Crippen molar-refractivity contribution in [3.8, 4) is 5.75 Å². The van der Waals surface area contributed by atoms with Gasteiger partial charge in [-0.15, -0.1) is 0 Å². The quantitative estimate of drug-likeness (QED) is 0.699. The number of nitrogens with one attached hydrogen (secondary N) is 1. The third-order valence-electron chi connectivity index (χ3n) is 2.77. The van der Waals surface area contributed by atoms with Gasteiger partial charge in [-0.05, 0) is 71.5 Å². The molecule has 0 atom stereocenters. The largest absolute Gasteiger partial charge is 0.494 e. The van der Waals surface area contributed by atoms with Crippen LogP contribution in [0.3, 0.4) is 0 Å². The summed E-state index contributed by atoms with van der Waals surface area (Å²) in [6, 6.07) is 12.5. The molecule has 2 aromatic carbocycles. The summed E-state index contributed by atoms with van der Waals surface area (Å²) in [5.74, 6) is 0.614. The second-order valence-electron chi connectivity index (χ2n) is 4.46. The lowest BCUT2D eigenvalue weighted by atomic mass is 10.2.